The van der Waals surface area contributed by atoms with Crippen molar-refractivity contribution in [2.24, 2.45) is 32.5 Å². The molecule has 0 spiro atoms. The Morgan fingerprint density at radius 3 is 1.05 bits per heavy atom. The first-order valence-corrected chi connectivity index (χ1v) is 33.0. The van der Waals surface area contributed by atoms with Crippen LogP contribution in [0.15, 0.2) is 165 Å². The lowest BCUT2D eigenvalue weighted by Crippen LogP contribution is -2.31. The lowest BCUT2D eigenvalue weighted by Gasteiger charge is -2.17. The SMILES string of the molecule is Cc1cc(C)c(C)c(-c2c3ccccc3c(-c3cnc(C4CCCC4)cn3)c[n+]2C)c1.Cc1cc(C)c(C)c(-c2c3ccccc3c(-c3cnc(CC(C)(C)C)cn3)c[n+]2C)c1.Cc1cc(C)c(C)c(-c2c3ccccc3c(-c3cnc(CC(C)C)cn3)c[n+]2C)c1. The van der Waals surface area contributed by atoms with Crippen molar-refractivity contribution in [3.8, 4) is 67.5 Å². The molecule has 1 fully saturated rings. The van der Waals surface area contributed by atoms with Gasteiger partial charge in [0.2, 0.25) is 17.1 Å². The first-order valence-electron chi connectivity index (χ1n) is 33.0. The Kier molecular flexibility index (Phi) is 18.8. The van der Waals surface area contributed by atoms with Gasteiger partial charge in [0.25, 0.3) is 0 Å². The fourth-order valence-corrected chi connectivity index (χ4v) is 13.9. The maximum atomic E-state index is 4.86. The molecule has 0 N–H and O–H groups in total. The third kappa shape index (κ3) is 13.7. The van der Waals surface area contributed by atoms with Gasteiger partial charge in [-0.3, -0.25) is 29.9 Å². The Hall–Kier alpha value is -9.21. The zero-order valence-corrected chi connectivity index (χ0v) is 57.5. The highest BCUT2D eigenvalue weighted by Crippen LogP contribution is 2.39. The highest BCUT2D eigenvalue weighted by Gasteiger charge is 2.27. The Labute approximate surface area is 546 Å². The average molecular weight is 1220 g/mol. The predicted molar refractivity (Wildman–Crippen MR) is 380 cm³/mol. The number of nitrogens with zero attached hydrogens (tertiary/aromatic N) is 9. The van der Waals surface area contributed by atoms with Gasteiger partial charge < -0.3 is 0 Å². The van der Waals surface area contributed by atoms with E-state index in [1.165, 1.54) is 142 Å². The summed E-state index contributed by atoms with van der Waals surface area (Å²) in [4.78, 5) is 28.6. The van der Waals surface area contributed by atoms with E-state index in [-0.39, 0.29) is 5.41 Å². The number of aryl methyl sites for hydroxylation is 9. The van der Waals surface area contributed by atoms with Crippen LogP contribution >= 0.6 is 0 Å². The van der Waals surface area contributed by atoms with E-state index in [1.807, 2.05) is 37.2 Å². The Morgan fingerprint density at radius 2 is 0.739 bits per heavy atom. The lowest BCUT2D eigenvalue weighted by atomic mass is 9.91. The van der Waals surface area contributed by atoms with Crippen molar-refractivity contribution in [2.75, 3.05) is 0 Å². The number of fused-ring (bicyclic) bond motifs is 3. The molecule has 6 heterocycles. The second-order valence-corrected chi connectivity index (χ2v) is 27.8. The summed E-state index contributed by atoms with van der Waals surface area (Å²) in [5.41, 5.74) is 29.0. The number of hydrogen-bond donors (Lipinski definition) is 0. The van der Waals surface area contributed by atoms with Crippen LogP contribution in [-0.2, 0) is 34.0 Å². The molecule has 0 saturated heterocycles. The molecule has 0 amide bonds. The summed E-state index contributed by atoms with van der Waals surface area (Å²) in [6.45, 7) is 30.8. The molecule has 13 rings (SSSR count). The molecule has 12 aromatic rings. The maximum absolute atomic E-state index is 4.86. The summed E-state index contributed by atoms with van der Waals surface area (Å²) in [6.07, 6.45) is 25.3. The zero-order chi connectivity index (χ0) is 65.3. The maximum Gasteiger partial charge on any atom is 0.220 e. The number of hydrogen-bond acceptors (Lipinski definition) is 6. The van der Waals surface area contributed by atoms with E-state index in [0.29, 0.717) is 11.8 Å². The van der Waals surface area contributed by atoms with E-state index in [9.17, 15) is 0 Å². The summed E-state index contributed by atoms with van der Waals surface area (Å²) in [5, 5.41) is 7.34. The van der Waals surface area contributed by atoms with E-state index in [4.69, 9.17) is 24.9 Å². The van der Waals surface area contributed by atoms with Gasteiger partial charge in [-0.2, -0.15) is 13.7 Å². The summed E-state index contributed by atoms with van der Waals surface area (Å²) in [5.74, 6) is 1.16. The molecule has 9 heteroatoms. The molecule has 9 nitrogen and oxygen atoms in total. The summed E-state index contributed by atoms with van der Waals surface area (Å²) in [6, 6.07) is 39.6. The fraction of sp³-hybridized carbons (Fsp3) is 0.313. The largest absolute Gasteiger partial charge is 0.257 e. The van der Waals surface area contributed by atoms with Gasteiger partial charge in [0, 0.05) is 40.7 Å². The minimum absolute atomic E-state index is 0.195. The van der Waals surface area contributed by atoms with E-state index in [1.54, 1.807) is 0 Å². The first-order chi connectivity index (χ1) is 44.0. The molecule has 92 heavy (non-hydrogen) atoms. The molecule has 0 unspecified atom stereocenters. The zero-order valence-electron chi connectivity index (χ0n) is 57.5. The number of pyridine rings is 3. The van der Waals surface area contributed by atoms with Gasteiger partial charge in [-0.05, 0) is 169 Å². The number of aromatic nitrogens is 9. The smallest absolute Gasteiger partial charge is 0.220 e. The minimum Gasteiger partial charge on any atom is -0.257 e. The molecule has 1 aliphatic rings. The highest BCUT2D eigenvalue weighted by molar-refractivity contribution is 6.04. The monoisotopic (exact) mass is 1210 g/mol. The topological polar surface area (TPSA) is 89.0 Å². The Morgan fingerprint density at radius 1 is 0.402 bits per heavy atom. The highest BCUT2D eigenvalue weighted by atomic mass is 14.9. The standard InChI is InChI=1S/C28H30N3.C28H32N3.C27H30N3/c1-18-13-19(2)20(3)24(14-18)28-23-12-8-7-11-22(23)25(17-31(28)4)27-16-29-26(15-30-27)21-9-5-6-10-21;1-18-12-19(2)20(3)24(13-18)27-23-11-9-8-10-22(23)25(17-31(27)7)26-16-29-21(15-30-26)14-28(4,5)6;1-17(2)11-21-14-29-26(15-28-21)25-16-30(6)27(23-10-8-7-9-22(23)25)24-13-18(3)12-19(4)20(24)5/h7-8,11-17,21H,5-6,9-10H2,1-4H3;8-13,15-17H,14H2,1-7H3;7-10,12-17H,11H2,1-6H3/q3*+1. The van der Waals surface area contributed by atoms with Crippen LogP contribution in [0.4, 0.5) is 0 Å². The summed E-state index contributed by atoms with van der Waals surface area (Å²) < 4.78 is 6.73. The van der Waals surface area contributed by atoms with Crippen LogP contribution in [0.2, 0.25) is 0 Å². The molecule has 1 aliphatic carbocycles. The van der Waals surface area contributed by atoms with Gasteiger partial charge in [0.15, 0.2) is 18.6 Å². The van der Waals surface area contributed by atoms with E-state index >= 15 is 0 Å². The molecule has 6 aromatic heterocycles. The van der Waals surface area contributed by atoms with Crippen molar-refractivity contribution in [3.05, 3.63) is 232 Å². The average Bonchev–Trinajstić information content (AvgIpc) is 0.801. The van der Waals surface area contributed by atoms with Crippen molar-refractivity contribution in [1.82, 2.24) is 29.9 Å². The van der Waals surface area contributed by atoms with Crippen molar-refractivity contribution >= 4 is 32.3 Å². The molecule has 0 atom stereocenters. The van der Waals surface area contributed by atoms with Crippen LogP contribution in [0.3, 0.4) is 0 Å². The lowest BCUT2D eigenvalue weighted by molar-refractivity contribution is -0.658. The van der Waals surface area contributed by atoms with Crippen molar-refractivity contribution < 1.29 is 13.7 Å². The van der Waals surface area contributed by atoms with E-state index in [2.05, 4.69) is 265 Å². The number of benzene rings is 6. The normalized spacial score (nSPS) is 12.6. The quantitative estimate of drug-likeness (QED) is 0.127. The molecule has 0 aliphatic heterocycles. The van der Waals surface area contributed by atoms with E-state index in [0.717, 1.165) is 63.7 Å². The van der Waals surface area contributed by atoms with Crippen LogP contribution in [-0.4, -0.2) is 29.9 Å². The Balaban J connectivity index is 0.000000141. The van der Waals surface area contributed by atoms with Gasteiger partial charge in [0.1, 0.15) is 21.1 Å². The van der Waals surface area contributed by atoms with Crippen LogP contribution < -0.4 is 13.7 Å². The second-order valence-electron chi connectivity index (χ2n) is 27.8. The molecule has 1 saturated carbocycles. The summed E-state index contributed by atoms with van der Waals surface area (Å²) in [7, 11) is 6.40. The predicted octanol–water partition coefficient (Wildman–Crippen LogP) is 18.6. The third-order valence-corrected chi connectivity index (χ3v) is 18.7. The third-order valence-electron chi connectivity index (χ3n) is 18.7. The molecule has 0 bridgehead atoms. The van der Waals surface area contributed by atoms with Gasteiger partial charge in [0.05, 0.1) is 102 Å². The van der Waals surface area contributed by atoms with Crippen molar-refractivity contribution in [1.29, 1.82) is 0 Å². The molecular formula is C83H92N9+3. The van der Waals surface area contributed by atoms with Crippen molar-refractivity contribution in [3.63, 3.8) is 0 Å². The molecular weight excluding hydrogens is 1120 g/mol. The van der Waals surface area contributed by atoms with Crippen LogP contribution in [0.5, 0.6) is 0 Å². The van der Waals surface area contributed by atoms with Crippen LogP contribution in [0.1, 0.15) is 133 Å². The molecule has 6 aromatic carbocycles. The fourth-order valence-electron chi connectivity index (χ4n) is 13.9. The molecule has 466 valence electrons. The number of rotatable bonds is 10. The summed E-state index contributed by atoms with van der Waals surface area (Å²) >= 11 is 0. The molecule has 0 radical (unpaired) electrons. The van der Waals surface area contributed by atoms with E-state index < -0.39 is 0 Å². The Bertz CT molecular complexity index is 4700. The van der Waals surface area contributed by atoms with Gasteiger partial charge in [-0.15, -0.1) is 0 Å². The van der Waals surface area contributed by atoms with Gasteiger partial charge >= 0.3 is 0 Å². The van der Waals surface area contributed by atoms with Gasteiger partial charge in [-0.1, -0.05) is 137 Å². The minimum atomic E-state index is 0.195. The van der Waals surface area contributed by atoms with Crippen LogP contribution in [0, 0.1) is 73.6 Å². The first kappa shape index (κ1) is 64.3. The van der Waals surface area contributed by atoms with Gasteiger partial charge in [-0.25, -0.2) is 0 Å². The van der Waals surface area contributed by atoms with Crippen LogP contribution in [0.25, 0.3) is 99.9 Å². The second kappa shape index (κ2) is 26.9. The van der Waals surface area contributed by atoms with Crippen molar-refractivity contribution in [2.45, 2.75) is 141 Å².